The topological polar surface area (TPSA) is 52.0 Å². The van der Waals surface area contributed by atoms with Crippen molar-refractivity contribution in [2.24, 2.45) is 0 Å². The second-order valence-electron chi connectivity index (χ2n) is 6.29. The van der Waals surface area contributed by atoms with Crippen molar-refractivity contribution in [2.75, 3.05) is 0 Å². The first-order valence-corrected chi connectivity index (χ1v) is 9.51. The highest BCUT2D eigenvalue weighted by atomic mass is 35.5. The van der Waals surface area contributed by atoms with E-state index in [9.17, 15) is 9.59 Å². The van der Waals surface area contributed by atoms with Crippen LogP contribution in [-0.4, -0.2) is 20.6 Å². The molecule has 0 aliphatic rings. The quantitative estimate of drug-likeness (QED) is 0.480. The van der Waals surface area contributed by atoms with Crippen molar-refractivity contribution in [1.82, 2.24) is 9.55 Å². The van der Waals surface area contributed by atoms with Crippen LogP contribution in [0.2, 0.25) is 5.02 Å². The number of carbonyl (C=O) groups excluding carboxylic acids is 1. The standard InChI is InChI=1S/C20H19ClN2O2S/c1-11-6-5-7-18(12(11)2)23-19(25)16-9-8-15(21)10-17(16)22-20(23)26-14(4)13(3)24/h5-10,14H,1-4H3. The lowest BCUT2D eigenvalue weighted by Crippen LogP contribution is -2.24. The second kappa shape index (κ2) is 7.25. The number of hydrogen-bond donors (Lipinski definition) is 0. The summed E-state index contributed by atoms with van der Waals surface area (Å²) in [6.07, 6.45) is 0. The molecule has 134 valence electrons. The molecule has 0 aliphatic heterocycles. The van der Waals surface area contributed by atoms with Gasteiger partial charge >= 0.3 is 0 Å². The normalized spacial score (nSPS) is 12.3. The molecule has 1 atom stereocenters. The minimum absolute atomic E-state index is 0.0305. The number of aryl methyl sites for hydroxylation is 1. The van der Waals surface area contributed by atoms with Crippen LogP contribution in [0.25, 0.3) is 16.6 Å². The fourth-order valence-electron chi connectivity index (χ4n) is 2.65. The number of benzene rings is 2. The van der Waals surface area contributed by atoms with Crippen molar-refractivity contribution in [1.29, 1.82) is 0 Å². The summed E-state index contributed by atoms with van der Waals surface area (Å²) in [4.78, 5) is 29.7. The van der Waals surface area contributed by atoms with Gasteiger partial charge in [-0.1, -0.05) is 35.5 Å². The van der Waals surface area contributed by atoms with Gasteiger partial charge in [-0.05, 0) is 63.1 Å². The van der Waals surface area contributed by atoms with Crippen LogP contribution >= 0.6 is 23.4 Å². The number of thioether (sulfide) groups is 1. The van der Waals surface area contributed by atoms with E-state index in [1.54, 1.807) is 22.8 Å². The van der Waals surface area contributed by atoms with Crippen molar-refractivity contribution < 1.29 is 4.79 Å². The monoisotopic (exact) mass is 386 g/mol. The summed E-state index contributed by atoms with van der Waals surface area (Å²) in [7, 11) is 0. The first kappa shape index (κ1) is 18.7. The van der Waals surface area contributed by atoms with Crippen molar-refractivity contribution in [3.63, 3.8) is 0 Å². The van der Waals surface area contributed by atoms with Gasteiger partial charge in [0.15, 0.2) is 5.16 Å². The van der Waals surface area contributed by atoms with E-state index in [4.69, 9.17) is 11.6 Å². The number of halogens is 1. The van der Waals surface area contributed by atoms with Gasteiger partial charge in [0.1, 0.15) is 5.78 Å². The van der Waals surface area contributed by atoms with Crippen LogP contribution in [0.5, 0.6) is 0 Å². The molecule has 2 aromatic carbocycles. The van der Waals surface area contributed by atoms with Gasteiger partial charge in [-0.25, -0.2) is 4.98 Å². The Labute approximate surface area is 161 Å². The SMILES string of the molecule is CC(=O)C(C)Sc1nc2cc(Cl)ccc2c(=O)n1-c1cccc(C)c1C. The highest BCUT2D eigenvalue weighted by molar-refractivity contribution is 8.00. The van der Waals surface area contributed by atoms with Crippen molar-refractivity contribution in [2.45, 2.75) is 38.1 Å². The molecule has 26 heavy (non-hydrogen) atoms. The summed E-state index contributed by atoms with van der Waals surface area (Å²) < 4.78 is 1.60. The molecule has 1 aromatic heterocycles. The van der Waals surface area contributed by atoms with E-state index in [0.29, 0.717) is 21.1 Å². The van der Waals surface area contributed by atoms with Crippen LogP contribution in [0.3, 0.4) is 0 Å². The van der Waals surface area contributed by atoms with Crippen LogP contribution in [0.1, 0.15) is 25.0 Å². The van der Waals surface area contributed by atoms with E-state index in [-0.39, 0.29) is 16.6 Å². The zero-order chi connectivity index (χ0) is 19.0. The van der Waals surface area contributed by atoms with Crippen LogP contribution in [0, 0.1) is 13.8 Å². The Kier molecular flexibility index (Phi) is 5.21. The molecule has 6 heteroatoms. The Morgan fingerprint density at radius 2 is 1.96 bits per heavy atom. The average Bonchev–Trinajstić information content (AvgIpc) is 2.58. The molecular formula is C20H19ClN2O2S. The molecule has 3 aromatic rings. The minimum Gasteiger partial charge on any atom is -0.299 e. The maximum Gasteiger partial charge on any atom is 0.266 e. The molecule has 0 fully saturated rings. The maximum absolute atomic E-state index is 13.3. The van der Waals surface area contributed by atoms with Gasteiger partial charge in [-0.3, -0.25) is 14.2 Å². The zero-order valence-corrected chi connectivity index (χ0v) is 16.6. The lowest BCUT2D eigenvalue weighted by molar-refractivity contribution is -0.116. The van der Waals surface area contributed by atoms with Crippen molar-refractivity contribution in [3.8, 4) is 5.69 Å². The summed E-state index contributed by atoms with van der Waals surface area (Å²) in [5, 5.41) is 1.19. The number of ketones is 1. The number of fused-ring (bicyclic) bond motifs is 1. The number of hydrogen-bond acceptors (Lipinski definition) is 4. The molecule has 0 amide bonds. The summed E-state index contributed by atoms with van der Waals surface area (Å²) in [5.41, 5.74) is 3.22. The van der Waals surface area contributed by atoms with E-state index in [1.165, 1.54) is 18.7 Å². The fourth-order valence-corrected chi connectivity index (χ4v) is 3.74. The summed E-state index contributed by atoms with van der Waals surface area (Å²) in [6.45, 7) is 7.33. The summed E-state index contributed by atoms with van der Waals surface area (Å²) >= 11 is 7.35. The van der Waals surface area contributed by atoms with Crippen LogP contribution < -0.4 is 5.56 Å². The average molecular weight is 387 g/mol. The predicted octanol–water partition coefficient (Wildman–Crippen LogP) is 4.73. The molecule has 0 saturated heterocycles. The van der Waals surface area contributed by atoms with E-state index < -0.39 is 0 Å². The maximum atomic E-state index is 13.3. The van der Waals surface area contributed by atoms with Crippen LogP contribution in [-0.2, 0) is 4.79 Å². The molecule has 3 rings (SSSR count). The van der Waals surface area contributed by atoms with Crippen LogP contribution in [0.15, 0.2) is 46.3 Å². The molecule has 0 aliphatic carbocycles. The molecule has 1 unspecified atom stereocenters. The van der Waals surface area contributed by atoms with Gasteiger partial charge in [0, 0.05) is 5.02 Å². The summed E-state index contributed by atoms with van der Waals surface area (Å²) in [5.74, 6) is 0.0305. The molecular weight excluding hydrogens is 368 g/mol. The first-order valence-electron chi connectivity index (χ1n) is 8.25. The van der Waals surface area contributed by atoms with Gasteiger partial charge in [0.25, 0.3) is 5.56 Å². The Balaban J connectivity index is 2.36. The Morgan fingerprint density at radius 3 is 2.65 bits per heavy atom. The third-order valence-electron chi connectivity index (χ3n) is 4.47. The van der Waals surface area contributed by atoms with Gasteiger partial charge in [0.05, 0.1) is 21.8 Å². The number of nitrogens with zero attached hydrogens (tertiary/aromatic N) is 2. The number of Topliss-reactive ketones (excluding diaryl/α,β-unsaturated/α-hetero) is 1. The van der Waals surface area contributed by atoms with E-state index in [2.05, 4.69) is 4.98 Å². The van der Waals surface area contributed by atoms with Crippen molar-refractivity contribution >= 4 is 40.0 Å². The highest BCUT2D eigenvalue weighted by Gasteiger charge is 2.19. The first-order chi connectivity index (χ1) is 12.3. The molecule has 0 bridgehead atoms. The van der Waals surface area contributed by atoms with E-state index in [0.717, 1.165) is 16.8 Å². The van der Waals surface area contributed by atoms with Crippen LogP contribution in [0.4, 0.5) is 0 Å². The lowest BCUT2D eigenvalue weighted by Gasteiger charge is -2.17. The summed E-state index contributed by atoms with van der Waals surface area (Å²) in [6, 6.07) is 10.9. The van der Waals surface area contributed by atoms with E-state index >= 15 is 0 Å². The number of aromatic nitrogens is 2. The van der Waals surface area contributed by atoms with Gasteiger partial charge in [-0.2, -0.15) is 0 Å². The Hall–Kier alpha value is -2.11. The fraction of sp³-hybridized carbons (Fsp3) is 0.250. The zero-order valence-electron chi connectivity index (χ0n) is 15.0. The molecule has 0 spiro atoms. The molecule has 4 nitrogen and oxygen atoms in total. The number of rotatable bonds is 4. The van der Waals surface area contributed by atoms with Gasteiger partial charge in [-0.15, -0.1) is 0 Å². The van der Waals surface area contributed by atoms with Crippen molar-refractivity contribution in [3.05, 3.63) is 62.9 Å². The largest absolute Gasteiger partial charge is 0.299 e. The molecule has 0 radical (unpaired) electrons. The highest BCUT2D eigenvalue weighted by Crippen LogP contribution is 2.28. The predicted molar refractivity (Wildman–Crippen MR) is 108 cm³/mol. The second-order valence-corrected chi connectivity index (χ2v) is 8.03. The van der Waals surface area contributed by atoms with E-state index in [1.807, 2.05) is 39.0 Å². The number of carbonyl (C=O) groups is 1. The molecule has 1 heterocycles. The lowest BCUT2D eigenvalue weighted by atomic mass is 10.1. The van der Waals surface area contributed by atoms with Gasteiger partial charge in [0.2, 0.25) is 0 Å². The third-order valence-corrected chi connectivity index (χ3v) is 5.88. The van der Waals surface area contributed by atoms with Gasteiger partial charge < -0.3 is 0 Å². The third kappa shape index (κ3) is 3.41. The smallest absolute Gasteiger partial charge is 0.266 e. The minimum atomic E-state index is -0.310. The Morgan fingerprint density at radius 1 is 1.23 bits per heavy atom. The molecule has 0 saturated carbocycles. The molecule has 0 N–H and O–H groups in total. The Bertz CT molecular complexity index is 1080.